The molecule has 2 rings (SSSR count). The Morgan fingerprint density at radius 2 is 2.00 bits per heavy atom. The van der Waals surface area contributed by atoms with E-state index in [0.717, 1.165) is 0 Å². The lowest BCUT2D eigenvalue weighted by Crippen LogP contribution is -2.33. The molecule has 2 atom stereocenters. The maximum absolute atomic E-state index is 3.93. The average molecular weight is 210 g/mol. The molecule has 0 fully saturated rings. The number of hydrogen-bond donors (Lipinski definition) is 0. The summed E-state index contributed by atoms with van der Waals surface area (Å²) in [6, 6.07) is 6.48. The lowest BCUT2D eigenvalue weighted by Gasteiger charge is -2.19. The SMILES string of the molecule is C=CC1C=c2c(C)cccc2=CC1/C=C\C. The number of fused-ring (bicyclic) bond motifs is 1. The van der Waals surface area contributed by atoms with Gasteiger partial charge in [-0.3, -0.25) is 0 Å². The smallest absolute Gasteiger partial charge is 0.00534 e. The second-order valence-electron chi connectivity index (χ2n) is 4.33. The van der Waals surface area contributed by atoms with Gasteiger partial charge in [-0.05, 0) is 29.8 Å². The van der Waals surface area contributed by atoms with Crippen molar-refractivity contribution < 1.29 is 0 Å². The summed E-state index contributed by atoms with van der Waals surface area (Å²) in [6.07, 6.45) is 11.1. The molecule has 0 saturated heterocycles. The Bertz CT molecular complexity index is 532. The average Bonchev–Trinajstić information content (AvgIpc) is 2.29. The molecule has 0 radical (unpaired) electrons. The minimum absolute atomic E-state index is 0.421. The highest BCUT2D eigenvalue weighted by Crippen LogP contribution is 2.20. The summed E-state index contributed by atoms with van der Waals surface area (Å²) in [5, 5.41) is 2.72. The molecule has 0 nitrogen and oxygen atoms in total. The van der Waals surface area contributed by atoms with E-state index in [-0.39, 0.29) is 0 Å². The molecule has 2 unspecified atom stereocenters. The molecular formula is C16H18. The van der Waals surface area contributed by atoms with Crippen LogP contribution in [0.4, 0.5) is 0 Å². The molecule has 0 amide bonds. The van der Waals surface area contributed by atoms with Crippen LogP contribution < -0.4 is 10.4 Å². The van der Waals surface area contributed by atoms with Gasteiger partial charge in [-0.1, -0.05) is 48.6 Å². The van der Waals surface area contributed by atoms with Crippen molar-refractivity contribution in [2.24, 2.45) is 11.8 Å². The van der Waals surface area contributed by atoms with Crippen molar-refractivity contribution in [1.82, 2.24) is 0 Å². The fourth-order valence-electron chi connectivity index (χ4n) is 2.33. The standard InChI is InChI=1S/C16H18/c1-4-7-14-10-15-9-6-8-12(3)16(15)11-13(14)5-2/h4-11,13-14H,2H2,1,3H3/b7-4-. The predicted octanol–water partition coefficient (Wildman–Crippen LogP) is 2.56. The lowest BCUT2D eigenvalue weighted by atomic mass is 9.85. The summed E-state index contributed by atoms with van der Waals surface area (Å²) in [4.78, 5) is 0. The van der Waals surface area contributed by atoms with Gasteiger partial charge in [0.15, 0.2) is 0 Å². The highest BCUT2D eigenvalue weighted by Gasteiger charge is 2.14. The first-order valence-corrected chi connectivity index (χ1v) is 5.81. The van der Waals surface area contributed by atoms with Crippen LogP contribution >= 0.6 is 0 Å². The van der Waals surface area contributed by atoms with E-state index in [1.165, 1.54) is 16.0 Å². The highest BCUT2D eigenvalue weighted by atomic mass is 14.2. The Labute approximate surface area is 97.3 Å². The molecule has 16 heavy (non-hydrogen) atoms. The van der Waals surface area contributed by atoms with Crippen molar-refractivity contribution in [1.29, 1.82) is 0 Å². The van der Waals surface area contributed by atoms with Crippen LogP contribution in [0, 0.1) is 18.8 Å². The van der Waals surface area contributed by atoms with Crippen LogP contribution in [0.15, 0.2) is 43.0 Å². The van der Waals surface area contributed by atoms with Crippen LogP contribution in [-0.2, 0) is 0 Å². The number of hydrogen-bond acceptors (Lipinski definition) is 0. The van der Waals surface area contributed by atoms with Crippen molar-refractivity contribution >= 4 is 12.2 Å². The lowest BCUT2D eigenvalue weighted by molar-refractivity contribution is 0.732. The molecular weight excluding hydrogens is 192 g/mol. The fraction of sp³-hybridized carbons (Fsp3) is 0.250. The van der Waals surface area contributed by atoms with E-state index in [4.69, 9.17) is 0 Å². The Hall–Kier alpha value is -1.56. The van der Waals surface area contributed by atoms with Crippen LogP contribution in [0.2, 0.25) is 0 Å². The topological polar surface area (TPSA) is 0 Å². The van der Waals surface area contributed by atoms with E-state index in [9.17, 15) is 0 Å². The zero-order valence-corrected chi connectivity index (χ0v) is 9.98. The molecule has 82 valence electrons. The largest absolute Gasteiger partial charge is 0.102 e. The van der Waals surface area contributed by atoms with Crippen LogP contribution in [-0.4, -0.2) is 0 Å². The summed E-state index contributed by atoms with van der Waals surface area (Å²) in [5.41, 5.74) is 1.35. The van der Waals surface area contributed by atoms with Crippen molar-refractivity contribution in [2.45, 2.75) is 13.8 Å². The van der Waals surface area contributed by atoms with Crippen molar-refractivity contribution in [3.63, 3.8) is 0 Å². The van der Waals surface area contributed by atoms with E-state index in [0.29, 0.717) is 11.8 Å². The molecule has 1 aliphatic rings. The van der Waals surface area contributed by atoms with E-state index < -0.39 is 0 Å². The molecule has 1 aromatic rings. The molecule has 0 aliphatic heterocycles. The van der Waals surface area contributed by atoms with Crippen LogP contribution in [0.25, 0.3) is 12.2 Å². The zero-order chi connectivity index (χ0) is 11.5. The first-order valence-electron chi connectivity index (χ1n) is 5.81. The molecule has 0 saturated carbocycles. The van der Waals surface area contributed by atoms with E-state index in [1.807, 2.05) is 6.08 Å². The molecule has 1 aromatic carbocycles. The van der Waals surface area contributed by atoms with Gasteiger partial charge in [0.05, 0.1) is 0 Å². The molecule has 0 N–H and O–H groups in total. The van der Waals surface area contributed by atoms with Crippen molar-refractivity contribution in [3.05, 3.63) is 59.0 Å². The van der Waals surface area contributed by atoms with Gasteiger partial charge in [-0.2, -0.15) is 0 Å². The van der Waals surface area contributed by atoms with Crippen molar-refractivity contribution in [3.8, 4) is 0 Å². The quantitative estimate of drug-likeness (QED) is 0.658. The third kappa shape index (κ3) is 1.88. The second-order valence-corrected chi connectivity index (χ2v) is 4.33. The van der Waals surface area contributed by atoms with Gasteiger partial charge in [0.2, 0.25) is 0 Å². The molecule has 0 heteroatoms. The fourth-order valence-corrected chi connectivity index (χ4v) is 2.33. The normalized spacial score (nSPS) is 23.4. The maximum atomic E-state index is 3.93. The molecule has 1 aliphatic carbocycles. The van der Waals surface area contributed by atoms with E-state index in [1.54, 1.807) is 0 Å². The minimum atomic E-state index is 0.421. The number of benzene rings is 1. The summed E-state index contributed by atoms with van der Waals surface area (Å²) in [7, 11) is 0. The van der Waals surface area contributed by atoms with E-state index >= 15 is 0 Å². The van der Waals surface area contributed by atoms with Gasteiger partial charge in [0.1, 0.15) is 0 Å². The molecule has 0 bridgehead atoms. The third-order valence-electron chi connectivity index (χ3n) is 3.22. The van der Waals surface area contributed by atoms with Gasteiger partial charge in [0.25, 0.3) is 0 Å². The first-order chi connectivity index (χ1) is 7.76. The van der Waals surface area contributed by atoms with Crippen LogP contribution in [0.3, 0.4) is 0 Å². The molecule has 0 aromatic heterocycles. The minimum Gasteiger partial charge on any atom is -0.102 e. The Morgan fingerprint density at radius 1 is 1.19 bits per heavy atom. The monoisotopic (exact) mass is 210 g/mol. The van der Waals surface area contributed by atoms with Gasteiger partial charge < -0.3 is 0 Å². The van der Waals surface area contributed by atoms with Crippen LogP contribution in [0.5, 0.6) is 0 Å². The summed E-state index contributed by atoms with van der Waals surface area (Å²) in [6.45, 7) is 8.17. The van der Waals surface area contributed by atoms with E-state index in [2.05, 4.69) is 62.9 Å². The molecule has 0 spiro atoms. The Kier molecular flexibility index (Phi) is 3.09. The zero-order valence-electron chi connectivity index (χ0n) is 9.98. The van der Waals surface area contributed by atoms with Crippen molar-refractivity contribution in [2.75, 3.05) is 0 Å². The summed E-state index contributed by atoms with van der Waals surface area (Å²) < 4.78 is 0. The Balaban J connectivity index is 2.65. The summed E-state index contributed by atoms with van der Waals surface area (Å²) >= 11 is 0. The Morgan fingerprint density at radius 3 is 2.69 bits per heavy atom. The number of aryl methyl sites for hydroxylation is 1. The van der Waals surface area contributed by atoms with Crippen LogP contribution in [0.1, 0.15) is 12.5 Å². The van der Waals surface area contributed by atoms with Gasteiger partial charge in [-0.25, -0.2) is 0 Å². The van der Waals surface area contributed by atoms with Gasteiger partial charge >= 0.3 is 0 Å². The number of allylic oxidation sites excluding steroid dienone is 3. The molecule has 0 heterocycles. The first kappa shape index (κ1) is 10.9. The second kappa shape index (κ2) is 4.52. The maximum Gasteiger partial charge on any atom is 0.00534 e. The summed E-state index contributed by atoms with van der Waals surface area (Å²) in [5.74, 6) is 0.876. The third-order valence-corrected chi connectivity index (χ3v) is 3.22. The predicted molar refractivity (Wildman–Crippen MR) is 71.4 cm³/mol. The highest BCUT2D eigenvalue weighted by molar-refractivity contribution is 5.49. The number of rotatable bonds is 2. The van der Waals surface area contributed by atoms with Gasteiger partial charge in [-0.15, -0.1) is 6.58 Å². The van der Waals surface area contributed by atoms with Gasteiger partial charge in [0, 0.05) is 11.8 Å².